The Morgan fingerprint density at radius 3 is 1.00 bits per heavy atom. The molecule has 0 fully saturated rings. The fraction of sp³-hybridized carbons (Fsp3) is 0.138. The van der Waals surface area contributed by atoms with Gasteiger partial charge in [-0.1, -0.05) is 199 Å². The summed E-state index contributed by atoms with van der Waals surface area (Å²) in [7, 11) is 0. The number of aromatic nitrogens is 3. The summed E-state index contributed by atoms with van der Waals surface area (Å²) in [5, 5.41) is 12.0. The molecular formula is C58H46N4. The van der Waals surface area contributed by atoms with Crippen LogP contribution in [0, 0.1) is 11.3 Å². The minimum absolute atomic E-state index is 0.0468. The minimum Gasteiger partial charge on any atom is -0.208 e. The number of benzene rings is 8. The van der Waals surface area contributed by atoms with Gasteiger partial charge in [0, 0.05) is 16.7 Å². The van der Waals surface area contributed by atoms with Gasteiger partial charge in [-0.05, 0) is 100 Å². The van der Waals surface area contributed by atoms with Crippen LogP contribution in [0.25, 0.3) is 101 Å². The predicted octanol–water partition coefficient (Wildman–Crippen LogP) is 15.1. The lowest BCUT2D eigenvalue weighted by Crippen LogP contribution is -2.10. The second kappa shape index (κ2) is 14.9. The number of nitrogens with zero attached hydrogens (tertiary/aromatic N) is 4. The summed E-state index contributed by atoms with van der Waals surface area (Å²) in [5.41, 5.74) is 18.0. The van der Waals surface area contributed by atoms with Gasteiger partial charge in [0.15, 0.2) is 17.5 Å². The van der Waals surface area contributed by atoms with E-state index in [1.54, 1.807) is 0 Å². The van der Waals surface area contributed by atoms with E-state index in [1.807, 2.05) is 12.1 Å². The van der Waals surface area contributed by atoms with Crippen LogP contribution in [0.4, 0.5) is 0 Å². The Labute approximate surface area is 364 Å². The second-order valence-electron chi connectivity index (χ2n) is 18.4. The third-order valence-electron chi connectivity index (χ3n) is 12.3. The molecule has 10 rings (SSSR count). The van der Waals surface area contributed by atoms with Crippen LogP contribution in [0.5, 0.6) is 0 Å². The molecule has 4 heteroatoms. The van der Waals surface area contributed by atoms with Crippen LogP contribution in [-0.4, -0.2) is 15.0 Å². The van der Waals surface area contributed by atoms with Gasteiger partial charge in [-0.15, -0.1) is 0 Å². The Kier molecular flexibility index (Phi) is 9.31. The average molecular weight is 799 g/mol. The van der Waals surface area contributed by atoms with Crippen molar-refractivity contribution >= 4 is 10.8 Å². The third-order valence-corrected chi connectivity index (χ3v) is 12.3. The van der Waals surface area contributed by atoms with E-state index in [-0.39, 0.29) is 10.8 Å². The smallest absolute Gasteiger partial charge is 0.164 e. The Morgan fingerprint density at radius 2 is 0.629 bits per heavy atom. The van der Waals surface area contributed by atoms with E-state index in [0.29, 0.717) is 23.0 Å². The van der Waals surface area contributed by atoms with Gasteiger partial charge in [-0.25, -0.2) is 15.0 Å². The van der Waals surface area contributed by atoms with Crippen LogP contribution in [0.1, 0.15) is 58.2 Å². The molecule has 0 unspecified atom stereocenters. The molecule has 0 N–H and O–H groups in total. The summed E-state index contributed by atoms with van der Waals surface area (Å²) in [6.45, 7) is 13.4. The first-order valence-corrected chi connectivity index (χ1v) is 21.3. The zero-order chi connectivity index (χ0) is 42.8. The highest BCUT2D eigenvalue weighted by atomic mass is 15.0. The molecule has 0 saturated heterocycles. The minimum atomic E-state index is 0.0468. The summed E-state index contributed by atoms with van der Waals surface area (Å²) >= 11 is 0. The quantitative estimate of drug-likeness (QED) is 0.168. The van der Waals surface area contributed by atoms with Gasteiger partial charge in [0.2, 0.25) is 0 Å². The van der Waals surface area contributed by atoms with E-state index in [9.17, 15) is 5.26 Å². The molecular weight excluding hydrogens is 753 g/mol. The van der Waals surface area contributed by atoms with E-state index < -0.39 is 0 Å². The normalized spacial score (nSPS) is 12.0. The van der Waals surface area contributed by atoms with Gasteiger partial charge in [0.25, 0.3) is 0 Å². The van der Waals surface area contributed by atoms with Crippen LogP contribution in [0.3, 0.4) is 0 Å². The van der Waals surface area contributed by atoms with Crippen molar-refractivity contribution in [1.82, 2.24) is 15.0 Å². The molecule has 0 aliphatic heterocycles. The Bertz CT molecular complexity index is 3090. The third kappa shape index (κ3) is 6.96. The van der Waals surface area contributed by atoms with Crippen molar-refractivity contribution in [2.45, 2.75) is 52.4 Å². The molecule has 8 aromatic carbocycles. The summed E-state index contributed by atoms with van der Waals surface area (Å²) < 4.78 is 0. The molecule has 0 atom stereocenters. The standard InChI is InChI=1S/C58H46N4/c1-57(2,3)44-27-23-42(24-28-44)55-60-54(61-56(62-55)43-25-29-45(30-26-43)58(4,5)6)41-21-17-38(18-22-41)37-15-19-40(20-16-37)47-32-34-51-49-10-8-7-9-48(49)50-33-31-46(52(47)53(50)51)39-13-11-36(35-59)12-14-39/h7-34H,1-6H3. The number of fused-ring (bicyclic) bond motifs is 3. The largest absolute Gasteiger partial charge is 0.208 e. The number of rotatable bonds is 6. The highest BCUT2D eigenvalue weighted by Gasteiger charge is 2.25. The maximum atomic E-state index is 9.51. The lowest BCUT2D eigenvalue weighted by Gasteiger charge is -2.19. The Balaban J connectivity index is 1.01. The van der Waals surface area contributed by atoms with Gasteiger partial charge < -0.3 is 0 Å². The van der Waals surface area contributed by atoms with Crippen LogP contribution < -0.4 is 0 Å². The first-order chi connectivity index (χ1) is 29.9. The molecule has 62 heavy (non-hydrogen) atoms. The van der Waals surface area contributed by atoms with E-state index in [0.717, 1.165) is 44.5 Å². The van der Waals surface area contributed by atoms with Gasteiger partial charge >= 0.3 is 0 Å². The second-order valence-corrected chi connectivity index (χ2v) is 18.4. The van der Waals surface area contributed by atoms with Gasteiger partial charge in [-0.2, -0.15) is 5.26 Å². The van der Waals surface area contributed by atoms with Crippen molar-refractivity contribution in [2.24, 2.45) is 0 Å². The highest BCUT2D eigenvalue weighted by Crippen LogP contribution is 2.52. The van der Waals surface area contributed by atoms with Crippen LogP contribution >= 0.6 is 0 Å². The molecule has 9 aromatic rings. The van der Waals surface area contributed by atoms with E-state index >= 15 is 0 Å². The average Bonchev–Trinajstić information content (AvgIpc) is 3.63. The molecule has 0 spiro atoms. The molecule has 1 aliphatic carbocycles. The van der Waals surface area contributed by atoms with Crippen molar-refractivity contribution in [2.75, 3.05) is 0 Å². The fourth-order valence-corrected chi connectivity index (χ4v) is 8.76. The summed E-state index contributed by atoms with van der Waals surface area (Å²) in [6.07, 6.45) is 0. The topological polar surface area (TPSA) is 62.5 Å². The van der Waals surface area contributed by atoms with Crippen molar-refractivity contribution in [3.05, 3.63) is 187 Å². The molecule has 1 heterocycles. The monoisotopic (exact) mass is 798 g/mol. The van der Waals surface area contributed by atoms with Crippen LogP contribution in [0.2, 0.25) is 0 Å². The van der Waals surface area contributed by atoms with Crippen LogP contribution in [0.15, 0.2) is 170 Å². The highest BCUT2D eigenvalue weighted by molar-refractivity contribution is 6.22. The first-order valence-electron chi connectivity index (χ1n) is 21.3. The van der Waals surface area contributed by atoms with E-state index in [1.165, 1.54) is 49.7 Å². The molecule has 4 nitrogen and oxygen atoms in total. The van der Waals surface area contributed by atoms with E-state index in [4.69, 9.17) is 15.0 Å². The predicted molar refractivity (Wildman–Crippen MR) is 256 cm³/mol. The van der Waals surface area contributed by atoms with Crippen molar-refractivity contribution in [1.29, 1.82) is 5.26 Å². The molecule has 1 aromatic heterocycles. The molecule has 0 amide bonds. The zero-order valence-electron chi connectivity index (χ0n) is 36.0. The molecule has 298 valence electrons. The SMILES string of the molecule is CC(C)(C)c1ccc(-c2nc(-c3ccc(-c4ccc(-c5ccc6c7c(ccc(-c8ccc(C#N)cc8)c57)-c5ccccc5-6)cc4)cc3)nc(-c3ccc(C(C)(C)C)cc3)n2)cc1. The summed E-state index contributed by atoms with van der Waals surface area (Å²) in [4.78, 5) is 15.1. The fourth-order valence-electron chi connectivity index (χ4n) is 8.76. The number of hydrogen-bond acceptors (Lipinski definition) is 4. The molecule has 0 radical (unpaired) electrons. The summed E-state index contributed by atoms with van der Waals surface area (Å²) in [5.74, 6) is 1.94. The molecule has 1 aliphatic rings. The van der Waals surface area contributed by atoms with Crippen molar-refractivity contribution in [3.8, 4) is 95.9 Å². The van der Waals surface area contributed by atoms with Gasteiger partial charge in [-0.3, -0.25) is 0 Å². The zero-order valence-corrected chi connectivity index (χ0v) is 36.0. The van der Waals surface area contributed by atoms with Crippen molar-refractivity contribution in [3.63, 3.8) is 0 Å². The molecule has 0 saturated carbocycles. The first kappa shape index (κ1) is 38.7. The van der Waals surface area contributed by atoms with Crippen molar-refractivity contribution < 1.29 is 0 Å². The van der Waals surface area contributed by atoms with Crippen LogP contribution in [-0.2, 0) is 10.8 Å². The van der Waals surface area contributed by atoms with E-state index in [2.05, 4.69) is 205 Å². The Hall–Kier alpha value is -7.48. The Morgan fingerprint density at radius 1 is 0.323 bits per heavy atom. The number of nitriles is 1. The van der Waals surface area contributed by atoms with Gasteiger partial charge in [0.1, 0.15) is 0 Å². The maximum absolute atomic E-state index is 9.51. The molecule has 0 bridgehead atoms. The maximum Gasteiger partial charge on any atom is 0.164 e. The summed E-state index contributed by atoms with van der Waals surface area (Å²) in [6, 6.07) is 62.6. The van der Waals surface area contributed by atoms with Gasteiger partial charge in [0.05, 0.1) is 11.6 Å². The lowest BCUT2D eigenvalue weighted by atomic mass is 9.86. The lowest BCUT2D eigenvalue weighted by molar-refractivity contribution is 0.590. The number of hydrogen-bond donors (Lipinski definition) is 0.